The highest BCUT2D eigenvalue weighted by molar-refractivity contribution is 5.91. The highest BCUT2D eigenvalue weighted by atomic mass is 16.5. The number of hydrogen-bond acceptors (Lipinski definition) is 5. The van der Waals surface area contributed by atoms with Crippen LogP contribution in [0.15, 0.2) is 48.5 Å². The van der Waals surface area contributed by atoms with Crippen LogP contribution in [0.4, 0.5) is 0 Å². The summed E-state index contributed by atoms with van der Waals surface area (Å²) in [5.41, 5.74) is 7.73. The Kier molecular flexibility index (Phi) is 6.49. The van der Waals surface area contributed by atoms with Gasteiger partial charge in [0.2, 0.25) is 0 Å². The average Bonchev–Trinajstić information content (AvgIpc) is 2.75. The van der Waals surface area contributed by atoms with Crippen LogP contribution in [0.1, 0.15) is 40.4 Å². The Morgan fingerprint density at radius 2 is 1.79 bits per heavy atom. The zero-order valence-corrected chi connectivity index (χ0v) is 16.3. The third-order valence-corrected chi connectivity index (χ3v) is 5.00. The Balaban J connectivity index is 1.55. The lowest BCUT2D eigenvalue weighted by Gasteiger charge is -2.33. The highest BCUT2D eigenvalue weighted by Crippen LogP contribution is 2.33. The molecular formula is C22H24N2O5. The molecule has 7 heteroatoms. The summed E-state index contributed by atoms with van der Waals surface area (Å²) < 4.78 is 10.3. The number of ether oxygens (including phenoxy) is 2. The number of fused-ring (bicyclic) bond motifs is 1. The van der Waals surface area contributed by atoms with Gasteiger partial charge in [0.05, 0.1) is 11.6 Å². The summed E-state index contributed by atoms with van der Waals surface area (Å²) >= 11 is 0. The summed E-state index contributed by atoms with van der Waals surface area (Å²) in [6, 6.07) is 14.2. The largest absolute Gasteiger partial charge is 0.484 e. The van der Waals surface area contributed by atoms with Crippen molar-refractivity contribution in [2.45, 2.75) is 25.3 Å². The Morgan fingerprint density at radius 3 is 2.52 bits per heavy atom. The number of carbonyl (C=O) groups is 3. The lowest BCUT2D eigenvalue weighted by molar-refractivity contribution is -0.135. The third kappa shape index (κ3) is 5.13. The van der Waals surface area contributed by atoms with E-state index in [9.17, 15) is 14.4 Å². The van der Waals surface area contributed by atoms with Crippen LogP contribution in [-0.2, 0) is 20.7 Å². The summed E-state index contributed by atoms with van der Waals surface area (Å²) in [6.45, 7) is -0.567. The lowest BCUT2D eigenvalue weighted by Crippen LogP contribution is -2.36. The molecule has 1 aliphatic carbocycles. The fourth-order valence-electron chi connectivity index (χ4n) is 3.46. The molecule has 152 valence electrons. The number of aryl methyl sites for hydroxylation is 1. The second-order valence-electron chi connectivity index (χ2n) is 6.97. The molecule has 0 aromatic heterocycles. The molecule has 0 heterocycles. The molecule has 2 amide bonds. The Hall–Kier alpha value is -3.35. The standard InChI is InChI=1S/C22H24N2O5/c1-24(19-8-4-6-15-5-2-3-7-18(15)19)21(26)14-29-22(27)16-9-11-17(12-10-16)28-13-20(23)25/h2-3,5,7,9-12,19H,4,6,8,13-14H2,1H3,(H2,23,25)/t19-/m0/s1. The quantitative estimate of drug-likeness (QED) is 0.724. The van der Waals surface area contributed by atoms with Gasteiger partial charge in [0, 0.05) is 7.05 Å². The van der Waals surface area contributed by atoms with Crippen LogP contribution in [-0.4, -0.2) is 42.9 Å². The van der Waals surface area contributed by atoms with E-state index >= 15 is 0 Å². The van der Waals surface area contributed by atoms with E-state index in [0.29, 0.717) is 5.75 Å². The monoisotopic (exact) mass is 396 g/mol. The second-order valence-corrected chi connectivity index (χ2v) is 6.97. The minimum Gasteiger partial charge on any atom is -0.484 e. The van der Waals surface area contributed by atoms with Crippen LogP contribution >= 0.6 is 0 Å². The molecule has 1 atom stereocenters. The number of nitrogens with zero attached hydrogens (tertiary/aromatic N) is 1. The molecule has 0 fully saturated rings. The molecule has 3 rings (SSSR count). The van der Waals surface area contributed by atoms with Crippen molar-refractivity contribution in [3.63, 3.8) is 0 Å². The molecule has 7 nitrogen and oxygen atoms in total. The first-order valence-electron chi connectivity index (χ1n) is 9.47. The lowest BCUT2D eigenvalue weighted by atomic mass is 9.87. The molecule has 1 aliphatic rings. The molecule has 2 N–H and O–H groups in total. The van der Waals surface area contributed by atoms with Gasteiger partial charge in [-0.25, -0.2) is 4.79 Å². The third-order valence-electron chi connectivity index (χ3n) is 5.00. The van der Waals surface area contributed by atoms with Gasteiger partial charge in [0.25, 0.3) is 11.8 Å². The molecule has 29 heavy (non-hydrogen) atoms. The van der Waals surface area contributed by atoms with Gasteiger partial charge in [0.15, 0.2) is 13.2 Å². The fourth-order valence-corrected chi connectivity index (χ4v) is 3.46. The van der Waals surface area contributed by atoms with Crippen LogP contribution in [0.25, 0.3) is 0 Å². The van der Waals surface area contributed by atoms with E-state index in [-0.39, 0.29) is 30.7 Å². The smallest absolute Gasteiger partial charge is 0.338 e. The highest BCUT2D eigenvalue weighted by Gasteiger charge is 2.27. The molecule has 2 aromatic carbocycles. The van der Waals surface area contributed by atoms with Crippen LogP contribution in [0.5, 0.6) is 5.75 Å². The van der Waals surface area contributed by atoms with Crippen molar-refractivity contribution in [1.29, 1.82) is 0 Å². The van der Waals surface area contributed by atoms with Crippen LogP contribution < -0.4 is 10.5 Å². The molecule has 0 bridgehead atoms. The van der Waals surface area contributed by atoms with Gasteiger partial charge < -0.3 is 20.1 Å². The van der Waals surface area contributed by atoms with Gasteiger partial charge in [-0.2, -0.15) is 0 Å². The first-order valence-corrected chi connectivity index (χ1v) is 9.47. The van der Waals surface area contributed by atoms with E-state index < -0.39 is 11.9 Å². The zero-order chi connectivity index (χ0) is 20.8. The van der Waals surface area contributed by atoms with Crippen LogP contribution in [0.3, 0.4) is 0 Å². The number of likely N-dealkylation sites (N-methyl/N-ethyl adjacent to an activating group) is 1. The molecule has 0 radical (unpaired) electrons. The molecule has 0 saturated heterocycles. The summed E-state index contributed by atoms with van der Waals surface area (Å²) in [5.74, 6) is -1.03. The van der Waals surface area contributed by atoms with Crippen molar-refractivity contribution in [3.8, 4) is 5.75 Å². The molecule has 0 aliphatic heterocycles. The SMILES string of the molecule is CN(C(=O)COC(=O)c1ccc(OCC(N)=O)cc1)[C@H]1CCCc2ccccc21. The number of nitrogens with two attached hydrogens (primary N) is 1. The average molecular weight is 396 g/mol. The predicted molar refractivity (Wildman–Crippen MR) is 106 cm³/mol. The molecule has 0 spiro atoms. The number of primary amides is 1. The van der Waals surface area contributed by atoms with E-state index in [4.69, 9.17) is 15.2 Å². The Morgan fingerprint density at radius 1 is 1.07 bits per heavy atom. The Bertz CT molecular complexity index is 894. The van der Waals surface area contributed by atoms with Gasteiger partial charge >= 0.3 is 5.97 Å². The predicted octanol–water partition coefficient (Wildman–Crippen LogP) is 2.24. The number of rotatable bonds is 7. The van der Waals surface area contributed by atoms with Gasteiger partial charge in [-0.1, -0.05) is 24.3 Å². The Labute approximate surface area is 169 Å². The van der Waals surface area contributed by atoms with Crippen molar-refractivity contribution in [1.82, 2.24) is 4.90 Å². The number of carbonyl (C=O) groups excluding carboxylic acids is 3. The first-order chi connectivity index (χ1) is 14.0. The van der Waals surface area contributed by atoms with Crippen molar-refractivity contribution < 1.29 is 23.9 Å². The van der Waals surface area contributed by atoms with Crippen molar-refractivity contribution >= 4 is 17.8 Å². The van der Waals surface area contributed by atoms with E-state index in [1.807, 2.05) is 12.1 Å². The summed E-state index contributed by atoms with van der Waals surface area (Å²) in [7, 11) is 1.74. The number of benzene rings is 2. The molecule has 0 saturated carbocycles. The van der Waals surface area contributed by atoms with Gasteiger partial charge in [-0.05, 0) is 54.7 Å². The maximum absolute atomic E-state index is 12.6. The molecular weight excluding hydrogens is 372 g/mol. The number of hydrogen-bond donors (Lipinski definition) is 1. The number of esters is 1. The van der Waals surface area contributed by atoms with Gasteiger partial charge in [-0.3, -0.25) is 9.59 Å². The molecule has 0 unspecified atom stereocenters. The zero-order valence-electron chi connectivity index (χ0n) is 16.3. The second kappa shape index (κ2) is 9.23. The van der Waals surface area contributed by atoms with E-state index in [0.717, 1.165) is 24.8 Å². The minimum absolute atomic E-state index is 0.00663. The van der Waals surface area contributed by atoms with Crippen molar-refractivity contribution in [2.24, 2.45) is 5.73 Å². The van der Waals surface area contributed by atoms with Crippen LogP contribution in [0, 0.1) is 0 Å². The van der Waals surface area contributed by atoms with Gasteiger partial charge in [-0.15, -0.1) is 0 Å². The minimum atomic E-state index is -0.600. The first kappa shape index (κ1) is 20.4. The summed E-state index contributed by atoms with van der Waals surface area (Å²) in [6.07, 6.45) is 2.92. The van der Waals surface area contributed by atoms with Crippen molar-refractivity contribution in [2.75, 3.05) is 20.3 Å². The fraction of sp³-hybridized carbons (Fsp3) is 0.318. The summed E-state index contributed by atoms with van der Waals surface area (Å²) in [5, 5.41) is 0. The maximum Gasteiger partial charge on any atom is 0.338 e. The van der Waals surface area contributed by atoms with Crippen LogP contribution in [0.2, 0.25) is 0 Å². The number of amides is 2. The van der Waals surface area contributed by atoms with E-state index in [1.165, 1.54) is 29.8 Å². The van der Waals surface area contributed by atoms with Gasteiger partial charge in [0.1, 0.15) is 5.75 Å². The summed E-state index contributed by atoms with van der Waals surface area (Å²) in [4.78, 5) is 37.2. The van der Waals surface area contributed by atoms with E-state index in [2.05, 4.69) is 12.1 Å². The normalized spacial score (nSPS) is 15.1. The van der Waals surface area contributed by atoms with E-state index in [1.54, 1.807) is 11.9 Å². The molecule has 2 aromatic rings. The topological polar surface area (TPSA) is 98.9 Å². The maximum atomic E-state index is 12.6. The van der Waals surface area contributed by atoms with Crippen molar-refractivity contribution in [3.05, 3.63) is 65.2 Å².